The molecule has 0 saturated carbocycles. The summed E-state index contributed by atoms with van der Waals surface area (Å²) >= 11 is 0. The van der Waals surface area contributed by atoms with Gasteiger partial charge in [0.15, 0.2) is 5.96 Å². The van der Waals surface area contributed by atoms with E-state index >= 15 is 0 Å². The smallest absolute Gasteiger partial charge is 0.216 e. The van der Waals surface area contributed by atoms with E-state index in [2.05, 4.69) is 47.6 Å². The molecule has 1 aliphatic heterocycles. The zero-order chi connectivity index (χ0) is 20.5. The Kier molecular flexibility index (Phi) is 6.26. The third kappa shape index (κ3) is 5.02. The molecular formula is C20H34N4O2S. The lowest BCUT2D eigenvalue weighted by molar-refractivity contribution is -0.0667. The first-order valence-electron chi connectivity index (χ1n) is 9.44. The van der Waals surface area contributed by atoms with E-state index in [4.69, 9.17) is 0 Å². The van der Waals surface area contributed by atoms with Crippen LogP contribution in [0, 0.1) is 5.41 Å². The first kappa shape index (κ1) is 21.7. The SMILES string of the molecule is CN=C(NCc1ccc(CS(=O)(=O)NC(C)C)cc1)N1CC(C)(C)C1(C)C. The molecular weight excluding hydrogens is 360 g/mol. The third-order valence-electron chi connectivity index (χ3n) is 5.60. The molecule has 27 heavy (non-hydrogen) atoms. The number of hydrogen-bond donors (Lipinski definition) is 2. The molecule has 2 N–H and O–H groups in total. The minimum atomic E-state index is -3.30. The van der Waals surface area contributed by atoms with E-state index in [1.54, 1.807) is 7.05 Å². The number of rotatable bonds is 6. The van der Waals surface area contributed by atoms with Gasteiger partial charge in [-0.15, -0.1) is 0 Å². The largest absolute Gasteiger partial charge is 0.352 e. The molecule has 0 atom stereocenters. The number of nitrogens with zero attached hydrogens (tertiary/aromatic N) is 2. The van der Waals surface area contributed by atoms with Crippen LogP contribution in [0.3, 0.4) is 0 Å². The van der Waals surface area contributed by atoms with Crippen molar-refractivity contribution in [2.45, 2.75) is 65.4 Å². The van der Waals surface area contributed by atoms with Gasteiger partial charge in [0.25, 0.3) is 0 Å². The fourth-order valence-electron chi connectivity index (χ4n) is 3.25. The second kappa shape index (κ2) is 7.80. The van der Waals surface area contributed by atoms with E-state index < -0.39 is 10.0 Å². The number of aliphatic imine (C=N–C) groups is 1. The molecule has 1 fully saturated rings. The Morgan fingerprint density at radius 1 is 1.15 bits per heavy atom. The van der Waals surface area contributed by atoms with Crippen molar-refractivity contribution in [1.29, 1.82) is 0 Å². The van der Waals surface area contributed by atoms with Gasteiger partial charge < -0.3 is 10.2 Å². The maximum absolute atomic E-state index is 12.0. The van der Waals surface area contributed by atoms with Gasteiger partial charge in [0, 0.05) is 37.1 Å². The van der Waals surface area contributed by atoms with Crippen LogP contribution in [0.5, 0.6) is 0 Å². The monoisotopic (exact) mass is 394 g/mol. The molecule has 1 aromatic carbocycles. The van der Waals surface area contributed by atoms with Crippen molar-refractivity contribution < 1.29 is 8.42 Å². The molecule has 1 aliphatic rings. The quantitative estimate of drug-likeness (QED) is 0.575. The lowest BCUT2D eigenvalue weighted by Gasteiger charge is -2.62. The molecule has 0 aromatic heterocycles. The summed E-state index contributed by atoms with van der Waals surface area (Å²) in [6.45, 7) is 14.3. The Morgan fingerprint density at radius 3 is 2.15 bits per heavy atom. The second-order valence-corrected chi connectivity index (χ2v) is 10.5. The lowest BCUT2D eigenvalue weighted by Crippen LogP contribution is -2.72. The van der Waals surface area contributed by atoms with Crippen LogP contribution in [0.25, 0.3) is 0 Å². The van der Waals surface area contributed by atoms with E-state index in [0.29, 0.717) is 6.54 Å². The van der Waals surface area contributed by atoms with Gasteiger partial charge >= 0.3 is 0 Å². The van der Waals surface area contributed by atoms with Crippen molar-refractivity contribution in [3.63, 3.8) is 0 Å². The zero-order valence-electron chi connectivity index (χ0n) is 17.6. The number of nitrogens with one attached hydrogen (secondary N) is 2. The number of likely N-dealkylation sites (tertiary alicyclic amines) is 1. The summed E-state index contributed by atoms with van der Waals surface area (Å²) in [7, 11) is -1.49. The molecule has 1 saturated heterocycles. The van der Waals surface area contributed by atoms with Crippen molar-refractivity contribution in [2.75, 3.05) is 13.6 Å². The first-order valence-corrected chi connectivity index (χ1v) is 11.1. The standard InChI is InChI=1S/C20H34N4O2S/c1-15(2)23-27(25,26)13-17-10-8-16(9-11-17)12-22-18(21-7)24-14-19(3,4)20(24,5)6/h8-11,15,23H,12-14H2,1-7H3,(H,21,22). The molecule has 152 valence electrons. The molecule has 1 heterocycles. The van der Waals surface area contributed by atoms with Gasteiger partial charge in [-0.3, -0.25) is 4.99 Å². The lowest BCUT2D eigenvalue weighted by atomic mass is 9.65. The topological polar surface area (TPSA) is 73.8 Å². The summed E-state index contributed by atoms with van der Waals surface area (Å²) in [4.78, 5) is 6.72. The van der Waals surface area contributed by atoms with E-state index in [1.807, 2.05) is 38.1 Å². The summed E-state index contributed by atoms with van der Waals surface area (Å²) in [5.74, 6) is 0.893. The van der Waals surface area contributed by atoms with Gasteiger partial charge in [-0.2, -0.15) is 0 Å². The summed E-state index contributed by atoms with van der Waals surface area (Å²) in [6.07, 6.45) is 0. The Bertz CT molecular complexity index is 781. The Balaban J connectivity index is 1.95. The van der Waals surface area contributed by atoms with E-state index in [0.717, 1.165) is 23.6 Å². The van der Waals surface area contributed by atoms with Crippen LogP contribution in [-0.2, 0) is 22.3 Å². The highest BCUT2D eigenvalue weighted by Crippen LogP contribution is 2.46. The van der Waals surface area contributed by atoms with E-state index in [1.165, 1.54) is 0 Å². The predicted octanol–water partition coefficient (Wildman–Crippen LogP) is 2.71. The molecule has 0 radical (unpaired) electrons. The average molecular weight is 395 g/mol. The summed E-state index contributed by atoms with van der Waals surface area (Å²) in [5, 5.41) is 3.42. The fourth-order valence-corrected chi connectivity index (χ4v) is 4.68. The van der Waals surface area contributed by atoms with Crippen LogP contribution >= 0.6 is 0 Å². The van der Waals surface area contributed by atoms with Crippen molar-refractivity contribution in [2.24, 2.45) is 10.4 Å². The molecule has 7 heteroatoms. The normalized spacial score (nSPS) is 19.1. The summed E-state index contributed by atoms with van der Waals surface area (Å²) in [6, 6.07) is 7.57. The molecule has 0 bridgehead atoms. The molecule has 1 aromatic rings. The Hall–Kier alpha value is -1.60. The van der Waals surface area contributed by atoms with Crippen LogP contribution in [0.15, 0.2) is 29.3 Å². The van der Waals surface area contributed by atoms with Crippen LogP contribution in [0.1, 0.15) is 52.7 Å². The number of guanidine groups is 1. The van der Waals surface area contributed by atoms with Crippen molar-refractivity contribution in [3.8, 4) is 0 Å². The van der Waals surface area contributed by atoms with Gasteiger partial charge in [0.1, 0.15) is 0 Å². The van der Waals surface area contributed by atoms with Crippen molar-refractivity contribution >= 4 is 16.0 Å². The highest BCUT2D eigenvalue weighted by Gasteiger charge is 2.53. The second-order valence-electron chi connectivity index (χ2n) is 8.78. The minimum absolute atomic E-state index is 0.00237. The highest BCUT2D eigenvalue weighted by atomic mass is 32.2. The van der Waals surface area contributed by atoms with Crippen LogP contribution < -0.4 is 10.0 Å². The zero-order valence-corrected chi connectivity index (χ0v) is 18.4. The third-order valence-corrected chi connectivity index (χ3v) is 7.14. The van der Waals surface area contributed by atoms with E-state index in [-0.39, 0.29) is 22.7 Å². The molecule has 0 unspecified atom stereocenters. The average Bonchev–Trinajstić information content (AvgIpc) is 2.54. The Labute approximate surface area is 164 Å². The van der Waals surface area contributed by atoms with Crippen molar-refractivity contribution in [3.05, 3.63) is 35.4 Å². The van der Waals surface area contributed by atoms with Gasteiger partial charge in [-0.1, -0.05) is 38.1 Å². The number of benzene rings is 1. The summed E-state index contributed by atoms with van der Waals surface area (Å²) < 4.78 is 26.7. The molecule has 0 aliphatic carbocycles. The molecule has 2 rings (SSSR count). The van der Waals surface area contributed by atoms with Crippen molar-refractivity contribution in [1.82, 2.24) is 14.9 Å². The summed E-state index contributed by atoms with van der Waals surface area (Å²) in [5.41, 5.74) is 2.17. The Morgan fingerprint density at radius 2 is 1.70 bits per heavy atom. The number of sulfonamides is 1. The molecule has 0 spiro atoms. The van der Waals surface area contributed by atoms with Crippen LogP contribution in [-0.4, -0.2) is 44.5 Å². The highest BCUT2D eigenvalue weighted by molar-refractivity contribution is 7.88. The molecule has 0 amide bonds. The first-order chi connectivity index (χ1) is 12.4. The van der Waals surface area contributed by atoms with E-state index in [9.17, 15) is 8.42 Å². The number of hydrogen-bond acceptors (Lipinski definition) is 3. The van der Waals surface area contributed by atoms with Gasteiger partial charge in [-0.25, -0.2) is 13.1 Å². The fraction of sp³-hybridized carbons (Fsp3) is 0.650. The predicted molar refractivity (Wildman–Crippen MR) is 112 cm³/mol. The van der Waals surface area contributed by atoms with Gasteiger partial charge in [0.2, 0.25) is 10.0 Å². The van der Waals surface area contributed by atoms with Gasteiger partial charge in [0.05, 0.1) is 5.75 Å². The van der Waals surface area contributed by atoms with Crippen LogP contribution in [0.4, 0.5) is 0 Å². The maximum atomic E-state index is 12.0. The molecule has 6 nitrogen and oxygen atoms in total. The van der Waals surface area contributed by atoms with Crippen LogP contribution in [0.2, 0.25) is 0 Å². The minimum Gasteiger partial charge on any atom is -0.352 e. The van der Waals surface area contributed by atoms with Gasteiger partial charge in [-0.05, 0) is 38.8 Å². The maximum Gasteiger partial charge on any atom is 0.216 e.